The van der Waals surface area contributed by atoms with Crippen molar-refractivity contribution < 1.29 is 8.42 Å². The molecule has 0 N–H and O–H groups in total. The van der Waals surface area contributed by atoms with Crippen molar-refractivity contribution in [3.8, 4) is 0 Å². The topological polar surface area (TPSA) is 37.4 Å². The zero-order valence-corrected chi connectivity index (χ0v) is 14.5. The highest BCUT2D eigenvalue weighted by atomic mass is 32.2. The molecule has 120 valence electrons. The molecule has 1 atom stereocenters. The van der Waals surface area contributed by atoms with Gasteiger partial charge in [0.2, 0.25) is 0 Å². The molecule has 4 heteroatoms. The molecule has 2 aromatic carbocycles. The van der Waals surface area contributed by atoms with Crippen LogP contribution in [0.4, 0.5) is 5.69 Å². The summed E-state index contributed by atoms with van der Waals surface area (Å²) in [6.07, 6.45) is 2.94. The van der Waals surface area contributed by atoms with Gasteiger partial charge in [-0.15, -0.1) is 0 Å². The standard InChI is InChI=1S/C19H21NO2S/c1-4-16-13-17-7-5-6-8-19(17)20(15(16)3)23(21,22)18-11-9-14(2)10-12-18/h5-13,15H,4H2,1-3H3. The van der Waals surface area contributed by atoms with Crippen molar-refractivity contribution in [3.63, 3.8) is 0 Å². The lowest BCUT2D eigenvalue weighted by atomic mass is 9.97. The smallest absolute Gasteiger partial charge is 0.259 e. The number of anilines is 1. The number of fused-ring (bicyclic) bond motifs is 1. The Bertz CT molecular complexity index is 851. The molecule has 0 aromatic heterocycles. The number of sulfonamides is 1. The maximum absolute atomic E-state index is 13.2. The molecule has 1 aliphatic heterocycles. The number of hydrogen-bond acceptors (Lipinski definition) is 2. The minimum absolute atomic E-state index is 0.179. The predicted octanol–water partition coefficient (Wildman–Crippen LogP) is 4.39. The van der Waals surface area contributed by atoms with Gasteiger partial charge in [0.15, 0.2) is 0 Å². The molecule has 1 unspecified atom stereocenters. The van der Waals surface area contributed by atoms with E-state index in [0.717, 1.165) is 28.8 Å². The summed E-state index contributed by atoms with van der Waals surface area (Å²) in [6.45, 7) is 5.97. The Labute approximate surface area is 138 Å². The zero-order chi connectivity index (χ0) is 16.6. The van der Waals surface area contributed by atoms with E-state index in [4.69, 9.17) is 0 Å². The Hall–Kier alpha value is -2.07. The van der Waals surface area contributed by atoms with E-state index in [0.29, 0.717) is 4.90 Å². The first-order chi connectivity index (χ1) is 10.9. The summed E-state index contributed by atoms with van der Waals surface area (Å²) in [4.78, 5) is 0.335. The lowest BCUT2D eigenvalue weighted by molar-refractivity contribution is 0.584. The molecule has 0 saturated carbocycles. The number of hydrogen-bond donors (Lipinski definition) is 0. The summed E-state index contributed by atoms with van der Waals surface area (Å²) < 4.78 is 28.0. The van der Waals surface area contributed by atoms with Crippen molar-refractivity contribution in [1.82, 2.24) is 0 Å². The molecule has 1 heterocycles. The van der Waals surface area contributed by atoms with Gasteiger partial charge < -0.3 is 0 Å². The first-order valence-electron chi connectivity index (χ1n) is 7.85. The van der Waals surface area contributed by atoms with E-state index in [1.165, 1.54) is 0 Å². The Morgan fingerprint density at radius 1 is 1.04 bits per heavy atom. The van der Waals surface area contributed by atoms with E-state index in [9.17, 15) is 8.42 Å². The van der Waals surface area contributed by atoms with E-state index in [-0.39, 0.29) is 6.04 Å². The van der Waals surface area contributed by atoms with Crippen LogP contribution >= 0.6 is 0 Å². The van der Waals surface area contributed by atoms with Crippen molar-refractivity contribution in [2.24, 2.45) is 0 Å². The molecule has 3 rings (SSSR count). The van der Waals surface area contributed by atoms with Gasteiger partial charge in [-0.2, -0.15) is 0 Å². The van der Waals surface area contributed by atoms with Gasteiger partial charge in [0.05, 0.1) is 16.6 Å². The maximum Gasteiger partial charge on any atom is 0.264 e. The Morgan fingerprint density at radius 2 is 1.70 bits per heavy atom. The third kappa shape index (κ3) is 2.68. The van der Waals surface area contributed by atoms with Gasteiger partial charge in [0.1, 0.15) is 0 Å². The molecule has 23 heavy (non-hydrogen) atoms. The van der Waals surface area contributed by atoms with Crippen molar-refractivity contribution in [2.75, 3.05) is 4.31 Å². The Morgan fingerprint density at radius 3 is 2.35 bits per heavy atom. The number of rotatable bonds is 3. The lowest BCUT2D eigenvalue weighted by Gasteiger charge is -2.36. The van der Waals surface area contributed by atoms with Crippen LogP contribution in [-0.4, -0.2) is 14.5 Å². The lowest BCUT2D eigenvalue weighted by Crippen LogP contribution is -2.41. The van der Waals surface area contributed by atoms with Crippen LogP contribution < -0.4 is 4.31 Å². The van der Waals surface area contributed by atoms with Crippen molar-refractivity contribution in [1.29, 1.82) is 0 Å². The predicted molar refractivity (Wildman–Crippen MR) is 95.0 cm³/mol. The molecular weight excluding hydrogens is 306 g/mol. The van der Waals surface area contributed by atoms with Crippen molar-refractivity contribution >= 4 is 21.8 Å². The summed E-state index contributed by atoms with van der Waals surface area (Å²) in [6, 6.07) is 14.5. The third-order valence-electron chi connectivity index (χ3n) is 4.39. The highest BCUT2D eigenvalue weighted by Gasteiger charge is 2.34. The quantitative estimate of drug-likeness (QED) is 0.838. The summed E-state index contributed by atoms with van der Waals surface area (Å²) >= 11 is 0. The van der Waals surface area contributed by atoms with Gasteiger partial charge in [0, 0.05) is 0 Å². The monoisotopic (exact) mass is 327 g/mol. The second kappa shape index (κ2) is 5.85. The van der Waals surface area contributed by atoms with Crippen LogP contribution in [0, 0.1) is 6.92 Å². The molecule has 0 aliphatic carbocycles. The zero-order valence-electron chi connectivity index (χ0n) is 13.7. The van der Waals surface area contributed by atoms with Crippen LogP contribution in [0.1, 0.15) is 31.4 Å². The molecule has 3 nitrogen and oxygen atoms in total. The highest BCUT2D eigenvalue weighted by Crippen LogP contribution is 2.37. The summed E-state index contributed by atoms with van der Waals surface area (Å²) in [5, 5.41) is 0. The summed E-state index contributed by atoms with van der Waals surface area (Å²) in [7, 11) is -3.59. The average Bonchev–Trinajstić information content (AvgIpc) is 2.54. The average molecular weight is 327 g/mol. The van der Waals surface area contributed by atoms with Gasteiger partial charge in [-0.05, 0) is 49.6 Å². The van der Waals surface area contributed by atoms with E-state index in [1.807, 2.05) is 50.2 Å². The molecule has 0 fully saturated rings. The molecule has 2 aromatic rings. The van der Waals surface area contributed by atoms with Gasteiger partial charge in [0.25, 0.3) is 10.0 Å². The molecule has 0 saturated heterocycles. The van der Waals surface area contributed by atoms with Crippen LogP contribution in [0.15, 0.2) is 59.0 Å². The van der Waals surface area contributed by atoms with Crippen molar-refractivity contribution in [3.05, 3.63) is 65.2 Å². The van der Waals surface area contributed by atoms with Gasteiger partial charge >= 0.3 is 0 Å². The van der Waals surface area contributed by atoms with Crippen LogP contribution in [-0.2, 0) is 10.0 Å². The van der Waals surface area contributed by atoms with E-state index < -0.39 is 10.0 Å². The maximum atomic E-state index is 13.2. The first kappa shape index (κ1) is 15.8. The Balaban J connectivity index is 2.17. The molecule has 0 spiro atoms. The molecule has 0 bridgehead atoms. The second-order valence-electron chi connectivity index (χ2n) is 5.92. The van der Waals surface area contributed by atoms with Crippen LogP contribution in [0.25, 0.3) is 6.08 Å². The molecule has 1 aliphatic rings. The first-order valence-corrected chi connectivity index (χ1v) is 9.29. The van der Waals surface area contributed by atoms with Gasteiger partial charge in [-0.25, -0.2) is 8.42 Å². The fourth-order valence-electron chi connectivity index (χ4n) is 3.05. The van der Waals surface area contributed by atoms with Gasteiger partial charge in [-0.3, -0.25) is 4.31 Å². The highest BCUT2D eigenvalue weighted by molar-refractivity contribution is 7.92. The minimum atomic E-state index is -3.59. The normalized spacial score (nSPS) is 17.6. The Kier molecular flexibility index (Phi) is 4.02. The van der Waals surface area contributed by atoms with Gasteiger partial charge in [-0.1, -0.05) is 48.9 Å². The van der Waals surface area contributed by atoms with Crippen LogP contribution in [0.5, 0.6) is 0 Å². The SMILES string of the molecule is CCC1=Cc2ccccc2N(S(=O)(=O)c2ccc(C)cc2)C1C. The van der Waals surface area contributed by atoms with E-state index in [2.05, 4.69) is 13.0 Å². The fourth-order valence-corrected chi connectivity index (χ4v) is 4.73. The number of aryl methyl sites for hydroxylation is 1. The number of benzene rings is 2. The van der Waals surface area contributed by atoms with Crippen molar-refractivity contribution in [2.45, 2.75) is 38.1 Å². The molecule has 0 amide bonds. The largest absolute Gasteiger partial charge is 0.264 e. The third-order valence-corrected chi connectivity index (χ3v) is 6.29. The number of para-hydroxylation sites is 1. The van der Waals surface area contributed by atoms with E-state index in [1.54, 1.807) is 16.4 Å². The molecule has 0 radical (unpaired) electrons. The summed E-state index contributed by atoms with van der Waals surface area (Å²) in [5.74, 6) is 0. The minimum Gasteiger partial charge on any atom is -0.259 e. The van der Waals surface area contributed by atoms with Crippen LogP contribution in [0.2, 0.25) is 0 Å². The summed E-state index contributed by atoms with van der Waals surface area (Å²) in [5.41, 5.74) is 3.88. The molecular formula is C19H21NO2S. The number of nitrogens with zero attached hydrogens (tertiary/aromatic N) is 1. The van der Waals surface area contributed by atoms with E-state index >= 15 is 0 Å². The van der Waals surface area contributed by atoms with Crippen LogP contribution in [0.3, 0.4) is 0 Å². The second-order valence-corrected chi connectivity index (χ2v) is 7.74. The fraction of sp³-hybridized carbons (Fsp3) is 0.263.